The van der Waals surface area contributed by atoms with Crippen molar-refractivity contribution in [1.82, 2.24) is 19.4 Å². The molecule has 2 aliphatic heterocycles. The van der Waals surface area contributed by atoms with Gasteiger partial charge in [-0.15, -0.1) is 11.3 Å². The number of aromatic nitrogens is 3. The van der Waals surface area contributed by atoms with Crippen LogP contribution in [-0.2, 0) is 13.0 Å². The second-order valence-corrected chi connectivity index (χ2v) is 9.09. The van der Waals surface area contributed by atoms with Crippen LogP contribution in [0, 0.1) is 6.92 Å². The Labute approximate surface area is 179 Å². The Bertz CT molecular complexity index is 1120. The van der Waals surface area contributed by atoms with Gasteiger partial charge in [-0.1, -0.05) is 6.07 Å². The quantitative estimate of drug-likeness (QED) is 0.692. The summed E-state index contributed by atoms with van der Waals surface area (Å²) in [5.74, 6) is 0.539. The van der Waals surface area contributed by atoms with Crippen molar-refractivity contribution in [2.75, 3.05) is 37.6 Å². The monoisotopic (exact) mass is 425 g/mol. The first-order chi connectivity index (χ1) is 14.6. The molecule has 2 aromatic heterocycles. The van der Waals surface area contributed by atoms with Gasteiger partial charge in [-0.05, 0) is 38.3 Å². The van der Waals surface area contributed by atoms with Gasteiger partial charge in [0.15, 0.2) is 0 Å². The van der Waals surface area contributed by atoms with Gasteiger partial charge in [-0.3, -0.25) is 14.3 Å². The van der Waals surface area contributed by atoms with Crippen LogP contribution in [0.15, 0.2) is 28.5 Å². The van der Waals surface area contributed by atoms with E-state index in [1.54, 1.807) is 15.9 Å². The van der Waals surface area contributed by atoms with E-state index in [1.165, 1.54) is 10.4 Å². The van der Waals surface area contributed by atoms with Crippen molar-refractivity contribution in [3.63, 3.8) is 0 Å². The first-order valence-electron chi connectivity index (χ1n) is 10.7. The van der Waals surface area contributed by atoms with E-state index in [0.717, 1.165) is 55.9 Å². The predicted octanol–water partition coefficient (Wildman–Crippen LogP) is 2.35. The number of fused-ring (bicyclic) bond motifs is 2. The van der Waals surface area contributed by atoms with Gasteiger partial charge in [-0.25, -0.2) is 9.97 Å². The number of benzene rings is 1. The summed E-state index contributed by atoms with van der Waals surface area (Å²) in [6.07, 6.45) is 1.60. The van der Waals surface area contributed by atoms with E-state index in [1.807, 2.05) is 12.4 Å². The van der Waals surface area contributed by atoms with Crippen LogP contribution in [0.4, 0.5) is 5.69 Å². The fraction of sp³-hybridized carbons (Fsp3) is 0.500. The number of aliphatic hydroxyl groups is 1. The van der Waals surface area contributed by atoms with Crippen molar-refractivity contribution in [2.24, 2.45) is 0 Å². The Balaban J connectivity index is 1.25. The normalized spacial score (nSPS) is 19.9. The van der Waals surface area contributed by atoms with Crippen LogP contribution >= 0.6 is 11.3 Å². The first-order valence-corrected chi connectivity index (χ1v) is 11.6. The molecule has 1 atom stereocenters. The van der Waals surface area contributed by atoms with Crippen LogP contribution in [0.2, 0.25) is 0 Å². The van der Waals surface area contributed by atoms with Gasteiger partial charge >= 0.3 is 0 Å². The van der Waals surface area contributed by atoms with Crippen molar-refractivity contribution >= 4 is 27.2 Å². The highest BCUT2D eigenvalue weighted by Gasteiger charge is 2.24. The highest BCUT2D eigenvalue weighted by Crippen LogP contribution is 2.29. The number of hydrogen-bond donors (Lipinski definition) is 1. The number of aliphatic hydroxyl groups excluding tert-OH is 1. The third kappa shape index (κ3) is 3.53. The zero-order valence-electron chi connectivity index (χ0n) is 17.3. The maximum Gasteiger partial charge on any atom is 0.257 e. The lowest BCUT2D eigenvalue weighted by atomic mass is 10.1. The molecule has 4 heterocycles. The highest BCUT2D eigenvalue weighted by atomic mass is 32.1. The van der Waals surface area contributed by atoms with Crippen molar-refractivity contribution < 1.29 is 5.11 Å². The molecule has 0 radical (unpaired) electrons. The molecular formula is C22H27N5O2S. The predicted molar refractivity (Wildman–Crippen MR) is 119 cm³/mol. The maximum absolute atomic E-state index is 13.0. The van der Waals surface area contributed by atoms with Gasteiger partial charge in [0, 0.05) is 50.5 Å². The van der Waals surface area contributed by atoms with Crippen LogP contribution in [0.3, 0.4) is 0 Å². The largest absolute Gasteiger partial charge is 0.385 e. The summed E-state index contributed by atoms with van der Waals surface area (Å²) in [4.78, 5) is 26.9. The summed E-state index contributed by atoms with van der Waals surface area (Å²) in [6.45, 7) is 7.27. The van der Waals surface area contributed by atoms with E-state index >= 15 is 0 Å². The van der Waals surface area contributed by atoms with Crippen molar-refractivity contribution in [3.05, 3.63) is 51.1 Å². The minimum absolute atomic E-state index is 0.0325. The lowest BCUT2D eigenvalue weighted by Gasteiger charge is -2.36. The van der Waals surface area contributed by atoms with Gasteiger partial charge in [0.2, 0.25) is 0 Å². The third-order valence-electron chi connectivity index (χ3n) is 6.39. The minimum Gasteiger partial charge on any atom is -0.385 e. The molecule has 1 saturated heterocycles. The number of anilines is 1. The summed E-state index contributed by atoms with van der Waals surface area (Å²) < 4.78 is 2.92. The fourth-order valence-electron chi connectivity index (χ4n) is 4.66. The molecule has 0 bridgehead atoms. The van der Waals surface area contributed by atoms with Crippen LogP contribution in [0.25, 0.3) is 10.2 Å². The summed E-state index contributed by atoms with van der Waals surface area (Å²) in [7, 11) is 0. The zero-order valence-corrected chi connectivity index (χ0v) is 18.1. The molecule has 0 amide bonds. The van der Waals surface area contributed by atoms with Crippen molar-refractivity contribution in [3.8, 4) is 0 Å². The van der Waals surface area contributed by atoms with E-state index in [0.29, 0.717) is 25.2 Å². The molecule has 8 heteroatoms. The molecule has 0 saturated carbocycles. The molecular weight excluding hydrogens is 398 g/mol. The lowest BCUT2D eigenvalue weighted by molar-refractivity contribution is 0.129. The number of thiazole rings is 1. The molecule has 2 aliphatic rings. The molecule has 1 N–H and O–H groups in total. The van der Waals surface area contributed by atoms with Crippen LogP contribution in [-0.4, -0.2) is 57.3 Å². The standard InChI is InChI=1S/C22H27N5O2S/c1-15-16(22(29)27-8-3-5-18(28)21(27)24-15)7-9-25-10-12-26(13-11-25)17-4-2-6-19-20(17)23-14-30-19/h2,4,6,14,18,28H,3,5,7-13H2,1H3. The Kier molecular flexibility index (Phi) is 5.30. The summed E-state index contributed by atoms with van der Waals surface area (Å²) in [6, 6.07) is 6.40. The second kappa shape index (κ2) is 8.09. The second-order valence-electron chi connectivity index (χ2n) is 8.20. The van der Waals surface area contributed by atoms with E-state index < -0.39 is 6.10 Å². The van der Waals surface area contributed by atoms with Gasteiger partial charge in [-0.2, -0.15) is 0 Å². The van der Waals surface area contributed by atoms with Crippen LogP contribution < -0.4 is 10.5 Å². The topological polar surface area (TPSA) is 74.5 Å². The molecule has 1 fully saturated rings. The number of hydrogen-bond acceptors (Lipinski definition) is 7. The summed E-state index contributed by atoms with van der Waals surface area (Å²) in [5, 5.41) is 10.2. The summed E-state index contributed by atoms with van der Waals surface area (Å²) in [5.41, 5.74) is 5.83. The van der Waals surface area contributed by atoms with Gasteiger partial charge in [0.25, 0.3) is 5.56 Å². The van der Waals surface area contributed by atoms with E-state index in [4.69, 9.17) is 0 Å². The Morgan fingerprint density at radius 3 is 2.87 bits per heavy atom. The Morgan fingerprint density at radius 1 is 1.20 bits per heavy atom. The van der Waals surface area contributed by atoms with E-state index in [9.17, 15) is 9.90 Å². The smallest absolute Gasteiger partial charge is 0.257 e. The van der Waals surface area contributed by atoms with Crippen molar-refractivity contribution in [1.29, 1.82) is 0 Å². The minimum atomic E-state index is -0.616. The highest BCUT2D eigenvalue weighted by molar-refractivity contribution is 7.16. The molecule has 0 spiro atoms. The molecule has 30 heavy (non-hydrogen) atoms. The Morgan fingerprint density at radius 2 is 2.03 bits per heavy atom. The third-order valence-corrected chi connectivity index (χ3v) is 7.18. The summed E-state index contributed by atoms with van der Waals surface area (Å²) >= 11 is 1.68. The number of piperazine rings is 1. The average molecular weight is 426 g/mol. The molecule has 0 aliphatic carbocycles. The van der Waals surface area contributed by atoms with Crippen LogP contribution in [0.5, 0.6) is 0 Å². The SMILES string of the molecule is Cc1nc2n(c(=O)c1CCN1CCN(c3cccc4scnc34)CC1)CCCC2O. The molecule has 1 aromatic carbocycles. The van der Waals surface area contributed by atoms with Gasteiger partial charge < -0.3 is 10.0 Å². The molecule has 3 aromatic rings. The lowest BCUT2D eigenvalue weighted by Crippen LogP contribution is -2.47. The van der Waals surface area contributed by atoms with Gasteiger partial charge in [0.1, 0.15) is 17.4 Å². The molecule has 158 valence electrons. The zero-order chi connectivity index (χ0) is 20.7. The number of para-hydroxylation sites is 1. The van der Waals surface area contributed by atoms with Crippen LogP contribution in [0.1, 0.15) is 36.0 Å². The fourth-order valence-corrected chi connectivity index (χ4v) is 5.36. The molecule has 1 unspecified atom stereocenters. The van der Waals surface area contributed by atoms with Gasteiger partial charge in [0.05, 0.1) is 15.9 Å². The number of nitrogens with zero attached hydrogens (tertiary/aromatic N) is 5. The molecule has 7 nitrogen and oxygen atoms in total. The van der Waals surface area contributed by atoms with E-state index in [2.05, 4.69) is 38.0 Å². The molecule has 5 rings (SSSR count). The van der Waals surface area contributed by atoms with Crippen molar-refractivity contribution in [2.45, 2.75) is 38.8 Å². The number of rotatable bonds is 4. The number of aryl methyl sites for hydroxylation is 1. The average Bonchev–Trinajstić information content (AvgIpc) is 3.24. The van der Waals surface area contributed by atoms with E-state index in [-0.39, 0.29) is 5.56 Å². The first kappa shape index (κ1) is 19.7. The Hall–Kier alpha value is -2.29. The maximum atomic E-state index is 13.0.